The first-order valence-corrected chi connectivity index (χ1v) is 5.08. The number of rotatable bonds is 4. The first-order valence-electron chi connectivity index (χ1n) is 4.26. The van der Waals surface area contributed by atoms with Crippen LogP contribution in [0.4, 0.5) is 0 Å². The maximum atomic E-state index is 10.6. The van der Waals surface area contributed by atoms with Gasteiger partial charge in [0.1, 0.15) is 4.88 Å². The van der Waals surface area contributed by atoms with E-state index in [-0.39, 0.29) is 6.61 Å². The Morgan fingerprint density at radius 3 is 2.86 bits per heavy atom. The van der Waals surface area contributed by atoms with E-state index < -0.39 is 5.97 Å². The highest BCUT2D eigenvalue weighted by atomic mass is 32.1. The Morgan fingerprint density at radius 2 is 2.36 bits per heavy atom. The van der Waals surface area contributed by atoms with Crippen molar-refractivity contribution in [2.45, 2.75) is 13.3 Å². The fraction of sp³-hybridized carbons (Fsp3) is 0.300. The number of hydrogen-bond acceptors (Lipinski definition) is 3. The Hall–Kier alpha value is -1.13. The second-order valence-corrected chi connectivity index (χ2v) is 3.96. The molecule has 1 heterocycles. The molecular weight excluding hydrogens is 200 g/mol. The molecule has 0 fully saturated rings. The van der Waals surface area contributed by atoms with Crippen LogP contribution in [-0.4, -0.2) is 22.8 Å². The summed E-state index contributed by atoms with van der Waals surface area (Å²) in [6.45, 7) is 1.99. The second-order valence-electron chi connectivity index (χ2n) is 2.88. The van der Waals surface area contributed by atoms with E-state index in [0.717, 1.165) is 10.4 Å². The van der Waals surface area contributed by atoms with Crippen molar-refractivity contribution in [3.8, 4) is 0 Å². The number of aromatic carboxylic acids is 1. The molecule has 4 heteroatoms. The number of aliphatic hydroxyl groups excluding tert-OH is 1. The van der Waals surface area contributed by atoms with E-state index in [0.29, 0.717) is 11.3 Å². The number of carboxylic acid groups (broad SMARTS) is 1. The number of carbonyl (C=O) groups is 1. The lowest BCUT2D eigenvalue weighted by molar-refractivity contribution is 0.0702. The van der Waals surface area contributed by atoms with Gasteiger partial charge >= 0.3 is 5.97 Å². The number of carboxylic acids is 1. The first-order chi connectivity index (χ1) is 6.65. The molecule has 0 aliphatic carbocycles. The van der Waals surface area contributed by atoms with Crippen LogP contribution in [0.1, 0.15) is 26.5 Å². The van der Waals surface area contributed by atoms with Crippen molar-refractivity contribution in [2.75, 3.05) is 6.61 Å². The second kappa shape index (κ2) is 4.93. The Kier molecular flexibility index (Phi) is 3.85. The summed E-state index contributed by atoms with van der Waals surface area (Å²) in [5.41, 5.74) is 0.960. The van der Waals surface area contributed by atoms with Gasteiger partial charge in [0.2, 0.25) is 0 Å². The first kappa shape index (κ1) is 10.9. The lowest BCUT2D eigenvalue weighted by atomic mass is 10.2. The van der Waals surface area contributed by atoms with Gasteiger partial charge in [-0.1, -0.05) is 6.08 Å². The molecule has 0 radical (unpaired) electrons. The summed E-state index contributed by atoms with van der Waals surface area (Å²) < 4.78 is 0. The number of hydrogen-bond donors (Lipinski definition) is 2. The molecule has 0 atom stereocenters. The van der Waals surface area contributed by atoms with Crippen molar-refractivity contribution in [3.63, 3.8) is 0 Å². The average Bonchev–Trinajstić information content (AvgIpc) is 2.49. The molecule has 0 bridgehead atoms. The molecule has 0 aliphatic heterocycles. The molecule has 2 N–H and O–H groups in total. The normalized spacial score (nSPS) is 11.0. The van der Waals surface area contributed by atoms with Gasteiger partial charge in [0.15, 0.2) is 0 Å². The summed E-state index contributed by atoms with van der Waals surface area (Å²) in [5.74, 6) is -0.889. The predicted octanol–water partition coefficient (Wildman–Crippen LogP) is 2.15. The van der Waals surface area contributed by atoms with E-state index in [4.69, 9.17) is 10.2 Å². The van der Waals surface area contributed by atoms with Gasteiger partial charge in [0, 0.05) is 11.5 Å². The van der Waals surface area contributed by atoms with E-state index in [2.05, 4.69) is 0 Å². The lowest BCUT2D eigenvalue weighted by Crippen LogP contribution is -1.89. The summed E-state index contributed by atoms with van der Waals surface area (Å²) >= 11 is 1.25. The minimum absolute atomic E-state index is 0.118. The predicted molar refractivity (Wildman–Crippen MR) is 56.8 cm³/mol. The van der Waals surface area contributed by atoms with E-state index >= 15 is 0 Å². The highest BCUT2D eigenvalue weighted by Crippen LogP contribution is 2.23. The lowest BCUT2D eigenvalue weighted by Gasteiger charge is -1.88. The summed E-state index contributed by atoms with van der Waals surface area (Å²) in [4.78, 5) is 11.9. The Morgan fingerprint density at radius 1 is 1.64 bits per heavy atom. The van der Waals surface area contributed by atoms with E-state index in [1.165, 1.54) is 11.3 Å². The van der Waals surface area contributed by atoms with Crippen molar-refractivity contribution >= 4 is 23.4 Å². The molecule has 3 nitrogen and oxygen atoms in total. The zero-order chi connectivity index (χ0) is 10.6. The maximum absolute atomic E-state index is 10.6. The van der Waals surface area contributed by atoms with Crippen LogP contribution in [0.3, 0.4) is 0 Å². The van der Waals surface area contributed by atoms with Crippen LogP contribution < -0.4 is 0 Å². The molecule has 1 aromatic heterocycles. The minimum Gasteiger partial charge on any atom is -0.477 e. The monoisotopic (exact) mass is 212 g/mol. The van der Waals surface area contributed by atoms with Gasteiger partial charge in [-0.15, -0.1) is 11.3 Å². The van der Waals surface area contributed by atoms with Crippen molar-refractivity contribution in [2.24, 2.45) is 0 Å². The molecule has 0 saturated heterocycles. The van der Waals surface area contributed by atoms with E-state index in [9.17, 15) is 4.79 Å². The molecule has 0 aliphatic rings. The smallest absolute Gasteiger partial charge is 0.345 e. The third kappa shape index (κ3) is 2.68. The molecule has 0 aromatic carbocycles. The highest BCUT2D eigenvalue weighted by molar-refractivity contribution is 7.15. The molecule has 0 spiro atoms. The van der Waals surface area contributed by atoms with Crippen molar-refractivity contribution in [1.29, 1.82) is 0 Å². The van der Waals surface area contributed by atoms with Crippen LogP contribution >= 0.6 is 11.3 Å². The van der Waals surface area contributed by atoms with Gasteiger partial charge in [-0.3, -0.25) is 0 Å². The Balaban J connectivity index is 2.82. The Labute approximate surface area is 86.3 Å². The van der Waals surface area contributed by atoms with Crippen molar-refractivity contribution in [1.82, 2.24) is 0 Å². The molecule has 1 rings (SSSR count). The quantitative estimate of drug-likeness (QED) is 0.804. The third-order valence-electron chi connectivity index (χ3n) is 1.73. The fourth-order valence-corrected chi connectivity index (χ4v) is 1.98. The standard InChI is InChI=1S/C10H12O3S/c1-7-6-9(10(12)13)14-8(7)4-2-3-5-11/h2,4,6,11H,3,5H2,1H3,(H,12,13). The molecule has 0 unspecified atom stereocenters. The van der Waals surface area contributed by atoms with Crippen LogP contribution in [0.15, 0.2) is 12.1 Å². The van der Waals surface area contributed by atoms with Crippen LogP contribution in [0.2, 0.25) is 0 Å². The van der Waals surface area contributed by atoms with Gasteiger partial charge in [-0.05, 0) is 31.1 Å². The van der Waals surface area contributed by atoms with Gasteiger partial charge in [-0.2, -0.15) is 0 Å². The van der Waals surface area contributed by atoms with Gasteiger partial charge < -0.3 is 10.2 Å². The fourth-order valence-electron chi connectivity index (χ4n) is 1.03. The largest absolute Gasteiger partial charge is 0.477 e. The average molecular weight is 212 g/mol. The minimum atomic E-state index is -0.889. The molecule has 76 valence electrons. The van der Waals surface area contributed by atoms with Crippen molar-refractivity contribution in [3.05, 3.63) is 27.5 Å². The van der Waals surface area contributed by atoms with E-state index in [1.807, 2.05) is 19.1 Å². The molecule has 1 aromatic rings. The van der Waals surface area contributed by atoms with Crippen LogP contribution in [0.25, 0.3) is 6.08 Å². The van der Waals surface area contributed by atoms with E-state index in [1.54, 1.807) is 6.07 Å². The summed E-state index contributed by atoms with van der Waals surface area (Å²) in [6, 6.07) is 1.66. The van der Waals surface area contributed by atoms with Crippen molar-refractivity contribution < 1.29 is 15.0 Å². The summed E-state index contributed by atoms with van der Waals surface area (Å²) in [6.07, 6.45) is 4.28. The zero-order valence-electron chi connectivity index (χ0n) is 7.86. The highest BCUT2D eigenvalue weighted by Gasteiger charge is 2.08. The molecule has 0 saturated carbocycles. The van der Waals surface area contributed by atoms with Gasteiger partial charge in [0.25, 0.3) is 0 Å². The number of aryl methyl sites for hydroxylation is 1. The number of aliphatic hydroxyl groups is 1. The summed E-state index contributed by atoms with van der Waals surface area (Å²) in [7, 11) is 0. The maximum Gasteiger partial charge on any atom is 0.345 e. The topological polar surface area (TPSA) is 57.5 Å². The zero-order valence-corrected chi connectivity index (χ0v) is 8.67. The van der Waals surface area contributed by atoms with Gasteiger partial charge in [-0.25, -0.2) is 4.79 Å². The van der Waals surface area contributed by atoms with Crippen LogP contribution in [0, 0.1) is 6.92 Å². The molecule has 0 amide bonds. The van der Waals surface area contributed by atoms with Gasteiger partial charge in [0.05, 0.1) is 0 Å². The SMILES string of the molecule is Cc1cc(C(=O)O)sc1C=CCCO. The number of thiophene rings is 1. The van der Waals surface area contributed by atoms with Crippen LogP contribution in [-0.2, 0) is 0 Å². The third-order valence-corrected chi connectivity index (χ3v) is 2.92. The summed E-state index contributed by atoms with van der Waals surface area (Å²) in [5, 5.41) is 17.3. The molecule has 14 heavy (non-hydrogen) atoms. The molecular formula is C10H12O3S. The Bertz CT molecular complexity index is 352. The van der Waals surface area contributed by atoms with Crippen LogP contribution in [0.5, 0.6) is 0 Å².